The molecule has 4 aliphatic rings. The largest absolute Gasteiger partial charge is 0.337 e. The molecule has 14 heteroatoms. The average molecular weight is 1050 g/mol. The maximum Gasteiger partial charge on any atom is 0.249 e. The van der Waals surface area contributed by atoms with E-state index in [1.165, 1.54) is 0 Å². The van der Waals surface area contributed by atoms with Crippen LogP contribution in [0.2, 0.25) is 20.1 Å². The lowest BCUT2D eigenvalue weighted by atomic mass is 9.67. The van der Waals surface area contributed by atoms with Crippen molar-refractivity contribution in [2.75, 3.05) is 0 Å². The quantitative estimate of drug-likeness (QED) is 0.0880. The Balaban J connectivity index is 0.000000178. The zero-order valence-corrected chi connectivity index (χ0v) is 44.3. The lowest BCUT2D eigenvalue weighted by Crippen LogP contribution is -2.53. The zero-order valence-electron chi connectivity index (χ0n) is 41.3. The number of rotatable bonds is 16. The van der Waals surface area contributed by atoms with Gasteiger partial charge in [0.1, 0.15) is 12.1 Å². The van der Waals surface area contributed by atoms with Gasteiger partial charge >= 0.3 is 0 Å². The highest BCUT2D eigenvalue weighted by Crippen LogP contribution is 2.56. The molecule has 0 N–H and O–H groups in total. The van der Waals surface area contributed by atoms with Crippen LogP contribution in [-0.4, -0.2) is 41.9 Å². The molecule has 6 aromatic rings. The molecule has 2 unspecified atom stereocenters. The van der Waals surface area contributed by atoms with Crippen LogP contribution in [0.1, 0.15) is 185 Å². The van der Waals surface area contributed by atoms with E-state index in [1.54, 1.807) is 0 Å². The molecule has 2 aromatic heterocycles. The first-order chi connectivity index (χ1) is 34.7. The molecule has 2 amide bonds. The van der Waals surface area contributed by atoms with Crippen molar-refractivity contribution < 1.29 is 18.6 Å². The summed E-state index contributed by atoms with van der Waals surface area (Å²) in [7, 11) is 0. The van der Waals surface area contributed by atoms with Gasteiger partial charge in [-0.15, -0.1) is 13.2 Å². The summed E-state index contributed by atoms with van der Waals surface area (Å²) in [6.45, 7) is 16.1. The van der Waals surface area contributed by atoms with Crippen LogP contribution in [0.25, 0.3) is 0 Å². The average Bonchev–Trinajstić information content (AvgIpc) is 4.31. The SMILES string of the molecule is C=CC[C@@]1(C)CC(c2cccc(Cl)c2)[C@@H](c2ccc(Cl)cc2)N([C@@H](CC)c2nc(C3CC3)no2)C1=O.C=CC[C@@]1(C)CC(c2cccc(Cl)c2)[C@@H](c2ccc(Cl)cc2)N([C@H](CC)c2nc(C3CC3)no2)C1=O. The van der Waals surface area contributed by atoms with Crippen molar-refractivity contribution in [2.24, 2.45) is 10.8 Å². The molecule has 2 saturated heterocycles. The number of likely N-dealkylation sites (tertiary alicyclic amines) is 2. The van der Waals surface area contributed by atoms with E-state index in [1.807, 2.05) is 121 Å². The smallest absolute Gasteiger partial charge is 0.249 e. The number of amides is 2. The predicted molar refractivity (Wildman–Crippen MR) is 284 cm³/mol. The standard InChI is InChI=1S/2C29H31Cl2N3O2/c2*1-4-15-29(3)17-23(20-7-6-8-22(31)16-20)25(18-11-13-21(30)14-12-18)34(28(29)35)24(5-2)27-32-26(33-36-27)19-9-10-19/h2*4,6-8,11-14,16,19,23-25H,1,5,9-10,15,17H2,2-3H3/t23?,24-,25+,29-;23?,24-,25-,29+/m01/s1. The summed E-state index contributed by atoms with van der Waals surface area (Å²) < 4.78 is 11.6. The van der Waals surface area contributed by atoms with Crippen molar-refractivity contribution in [1.29, 1.82) is 0 Å². The van der Waals surface area contributed by atoms with Crippen molar-refractivity contribution in [2.45, 2.75) is 140 Å². The van der Waals surface area contributed by atoms with Crippen LogP contribution in [0.5, 0.6) is 0 Å². The van der Waals surface area contributed by atoms with Gasteiger partial charge in [-0.25, -0.2) is 0 Å². The van der Waals surface area contributed by atoms with Crippen LogP contribution in [0.4, 0.5) is 0 Å². The molecule has 4 heterocycles. The molecule has 376 valence electrons. The highest BCUT2D eigenvalue weighted by Gasteiger charge is 2.54. The maximum atomic E-state index is 14.4. The van der Waals surface area contributed by atoms with Crippen LogP contribution in [0, 0.1) is 10.8 Å². The molecule has 0 radical (unpaired) electrons. The van der Waals surface area contributed by atoms with Crippen LogP contribution in [0.15, 0.2) is 131 Å². The molecule has 2 aliphatic carbocycles. The monoisotopic (exact) mass is 1050 g/mol. The summed E-state index contributed by atoms with van der Waals surface area (Å²) in [5.41, 5.74) is 2.94. The van der Waals surface area contributed by atoms with Gasteiger partial charge in [0.05, 0.1) is 22.9 Å². The van der Waals surface area contributed by atoms with Gasteiger partial charge in [0.25, 0.3) is 0 Å². The van der Waals surface area contributed by atoms with E-state index >= 15 is 0 Å². The summed E-state index contributed by atoms with van der Waals surface area (Å²) in [6, 6.07) is 30.3. The Morgan fingerprint density at radius 3 is 1.28 bits per heavy atom. The molecule has 72 heavy (non-hydrogen) atoms. The first kappa shape index (κ1) is 51.6. The number of halogens is 4. The summed E-state index contributed by atoms with van der Waals surface area (Å²) in [4.78, 5) is 42.3. The molecule has 10 nitrogen and oxygen atoms in total. The number of nitrogens with zero attached hydrogens (tertiary/aromatic N) is 6. The van der Waals surface area contributed by atoms with Crippen LogP contribution in [0.3, 0.4) is 0 Å². The third-order valence-electron chi connectivity index (χ3n) is 15.2. The third kappa shape index (κ3) is 10.7. The number of hydrogen-bond acceptors (Lipinski definition) is 8. The Bertz CT molecular complexity index is 2700. The van der Waals surface area contributed by atoms with Crippen LogP contribution >= 0.6 is 46.4 Å². The van der Waals surface area contributed by atoms with E-state index in [-0.39, 0.29) is 47.8 Å². The van der Waals surface area contributed by atoms with Crippen molar-refractivity contribution in [1.82, 2.24) is 30.1 Å². The predicted octanol–water partition coefficient (Wildman–Crippen LogP) is 16.1. The molecule has 4 fully saturated rings. The first-order valence-corrected chi connectivity index (χ1v) is 26.8. The maximum absolute atomic E-state index is 14.4. The third-order valence-corrected chi connectivity index (χ3v) is 16.2. The van der Waals surface area contributed by atoms with Crippen molar-refractivity contribution in [3.8, 4) is 0 Å². The number of hydrogen-bond donors (Lipinski definition) is 0. The van der Waals surface area contributed by atoms with Gasteiger partial charge in [-0.2, -0.15) is 9.97 Å². The molecule has 4 aromatic carbocycles. The highest BCUT2D eigenvalue weighted by molar-refractivity contribution is 6.31. The zero-order chi connectivity index (χ0) is 50.9. The molecule has 2 saturated carbocycles. The number of piperidine rings is 2. The molecule has 8 atom stereocenters. The minimum Gasteiger partial charge on any atom is -0.337 e. The summed E-state index contributed by atoms with van der Waals surface area (Å²) in [6.07, 6.45) is 11.8. The minimum absolute atomic E-state index is 0.00704. The second kappa shape index (κ2) is 21.7. The molecule has 0 spiro atoms. The molecule has 0 bridgehead atoms. The minimum atomic E-state index is -0.635. The lowest BCUT2D eigenvalue weighted by Gasteiger charge is -2.51. The van der Waals surface area contributed by atoms with Crippen molar-refractivity contribution in [3.63, 3.8) is 0 Å². The van der Waals surface area contributed by atoms with E-state index < -0.39 is 10.8 Å². The number of aromatic nitrogens is 4. The summed E-state index contributed by atoms with van der Waals surface area (Å²) in [5.74, 6) is 3.35. The molecule has 2 aliphatic heterocycles. The van der Waals surface area contributed by atoms with E-state index in [0.717, 1.165) is 59.6 Å². The molecular formula is C58H62Cl4N6O4. The van der Waals surface area contributed by atoms with E-state index in [9.17, 15) is 9.59 Å². The van der Waals surface area contributed by atoms with Crippen molar-refractivity contribution in [3.05, 3.63) is 188 Å². The van der Waals surface area contributed by atoms with Crippen LogP contribution < -0.4 is 0 Å². The van der Waals surface area contributed by atoms with Crippen molar-refractivity contribution >= 4 is 58.2 Å². The fourth-order valence-electron chi connectivity index (χ4n) is 11.2. The fourth-order valence-corrected chi connectivity index (χ4v) is 11.9. The van der Waals surface area contributed by atoms with Gasteiger partial charge < -0.3 is 18.8 Å². The van der Waals surface area contributed by atoms with Gasteiger partial charge in [0.15, 0.2) is 11.6 Å². The second-order valence-corrected chi connectivity index (χ2v) is 22.4. The summed E-state index contributed by atoms with van der Waals surface area (Å²) in [5, 5.41) is 11.2. The number of benzene rings is 4. The lowest BCUT2D eigenvalue weighted by molar-refractivity contribution is -0.156. The Morgan fingerprint density at radius 1 is 0.583 bits per heavy atom. The number of carbonyl (C=O) groups excluding carboxylic acids is 2. The Kier molecular flexibility index (Phi) is 15.5. The highest BCUT2D eigenvalue weighted by atomic mass is 35.5. The Hall–Kier alpha value is -5.26. The normalized spacial score (nSPS) is 25.1. The van der Waals surface area contributed by atoms with Gasteiger partial charge in [0, 0.05) is 43.8 Å². The fraction of sp³-hybridized carbons (Fsp3) is 0.414. The summed E-state index contributed by atoms with van der Waals surface area (Å²) >= 11 is 25.4. The van der Waals surface area contributed by atoms with Gasteiger partial charge in [0.2, 0.25) is 23.6 Å². The molecular weight excluding hydrogens is 986 g/mol. The topological polar surface area (TPSA) is 118 Å². The first-order valence-electron chi connectivity index (χ1n) is 25.2. The Morgan fingerprint density at radius 2 is 0.958 bits per heavy atom. The van der Waals surface area contributed by atoms with E-state index in [0.29, 0.717) is 82.2 Å². The Labute approximate surface area is 443 Å². The molecule has 10 rings (SSSR count). The number of carbonyl (C=O) groups is 2. The van der Waals surface area contributed by atoms with Gasteiger partial charge in [-0.3, -0.25) is 9.59 Å². The van der Waals surface area contributed by atoms with E-state index in [4.69, 9.17) is 65.4 Å². The second-order valence-electron chi connectivity index (χ2n) is 20.6. The van der Waals surface area contributed by atoms with Crippen LogP contribution in [-0.2, 0) is 9.59 Å². The number of allylic oxidation sites excluding steroid dienone is 2. The van der Waals surface area contributed by atoms with Gasteiger partial charge in [-0.05, 0) is 135 Å². The van der Waals surface area contributed by atoms with E-state index in [2.05, 4.69) is 49.5 Å². The van der Waals surface area contributed by atoms with Gasteiger partial charge in [-0.1, -0.05) is 145 Å².